The van der Waals surface area contributed by atoms with Gasteiger partial charge >= 0.3 is 0 Å². The van der Waals surface area contributed by atoms with Gasteiger partial charge in [-0.25, -0.2) is 0 Å². The van der Waals surface area contributed by atoms with Crippen molar-refractivity contribution in [1.82, 2.24) is 4.68 Å². The Hall–Kier alpha value is -2.89. The SMILES string of the molecule is COc1ccc(C(=O)Nn2c(O)c3c(c2O)C2C=CC3C3CC23)cc1. The van der Waals surface area contributed by atoms with E-state index >= 15 is 0 Å². The minimum absolute atomic E-state index is 0.0703. The van der Waals surface area contributed by atoms with Crippen LogP contribution in [0.4, 0.5) is 0 Å². The number of carbonyl (C=O) groups excluding carboxylic acids is 1. The summed E-state index contributed by atoms with van der Waals surface area (Å²) in [4.78, 5) is 12.5. The number of rotatable bonds is 3. The van der Waals surface area contributed by atoms with Crippen LogP contribution < -0.4 is 10.2 Å². The van der Waals surface area contributed by atoms with Gasteiger partial charge in [0, 0.05) is 28.5 Å². The summed E-state index contributed by atoms with van der Waals surface area (Å²) in [6, 6.07) is 6.64. The largest absolute Gasteiger partial charge is 0.497 e. The topological polar surface area (TPSA) is 83.7 Å². The summed E-state index contributed by atoms with van der Waals surface area (Å²) in [5, 5.41) is 21.3. The minimum atomic E-state index is -0.411. The van der Waals surface area contributed by atoms with Crippen LogP contribution in [0.1, 0.15) is 39.7 Å². The van der Waals surface area contributed by atoms with Crippen LogP contribution in [0.3, 0.4) is 0 Å². The lowest BCUT2D eigenvalue weighted by Gasteiger charge is -2.29. The molecule has 0 radical (unpaired) electrons. The van der Waals surface area contributed by atoms with Gasteiger partial charge in [0.15, 0.2) is 0 Å². The molecule has 4 unspecified atom stereocenters. The summed E-state index contributed by atoms with van der Waals surface area (Å²) >= 11 is 0. The van der Waals surface area contributed by atoms with Crippen LogP contribution in [0.15, 0.2) is 36.4 Å². The molecule has 4 atom stereocenters. The van der Waals surface area contributed by atoms with Crippen LogP contribution in [0.5, 0.6) is 17.5 Å². The smallest absolute Gasteiger partial charge is 0.270 e. The number of nitrogens with one attached hydrogen (secondary N) is 1. The summed E-state index contributed by atoms with van der Waals surface area (Å²) in [5.74, 6) is 1.48. The van der Waals surface area contributed by atoms with E-state index in [2.05, 4.69) is 17.6 Å². The maximum atomic E-state index is 12.5. The summed E-state index contributed by atoms with van der Waals surface area (Å²) in [6.07, 6.45) is 5.38. The second-order valence-electron chi connectivity index (χ2n) is 6.98. The molecule has 4 aliphatic rings. The first-order chi connectivity index (χ1) is 12.1. The molecule has 3 N–H and O–H groups in total. The quantitative estimate of drug-likeness (QED) is 0.751. The maximum absolute atomic E-state index is 12.5. The lowest BCUT2D eigenvalue weighted by atomic mass is 9.73. The highest BCUT2D eigenvalue weighted by molar-refractivity contribution is 6.00. The van der Waals surface area contributed by atoms with Crippen molar-refractivity contribution in [1.29, 1.82) is 0 Å². The van der Waals surface area contributed by atoms with E-state index in [1.807, 2.05) is 0 Å². The maximum Gasteiger partial charge on any atom is 0.270 e. The summed E-state index contributed by atoms with van der Waals surface area (Å²) in [6.45, 7) is 0. The Kier molecular flexibility index (Phi) is 2.78. The van der Waals surface area contributed by atoms with Crippen molar-refractivity contribution in [3.63, 3.8) is 0 Å². The van der Waals surface area contributed by atoms with Gasteiger partial charge in [-0.05, 0) is 42.5 Å². The van der Waals surface area contributed by atoms with Crippen molar-refractivity contribution in [2.24, 2.45) is 11.8 Å². The number of benzene rings is 1. The van der Waals surface area contributed by atoms with Gasteiger partial charge in [-0.15, -0.1) is 0 Å². The van der Waals surface area contributed by atoms with Crippen LogP contribution in [0.2, 0.25) is 0 Å². The second-order valence-corrected chi connectivity index (χ2v) is 6.98. The zero-order valence-electron chi connectivity index (χ0n) is 13.6. The van der Waals surface area contributed by atoms with Gasteiger partial charge in [-0.3, -0.25) is 10.2 Å². The van der Waals surface area contributed by atoms with Gasteiger partial charge in [0.25, 0.3) is 5.91 Å². The Morgan fingerprint density at radius 3 is 2.16 bits per heavy atom. The number of allylic oxidation sites excluding steroid dienone is 2. The molecule has 1 amide bonds. The molecule has 6 nitrogen and oxygen atoms in total. The number of nitrogens with zero attached hydrogens (tertiary/aromatic N) is 1. The zero-order chi connectivity index (χ0) is 17.3. The molecule has 128 valence electrons. The Labute approximate surface area is 144 Å². The molecule has 6 heteroatoms. The number of amides is 1. The van der Waals surface area contributed by atoms with Crippen LogP contribution in [-0.4, -0.2) is 27.9 Å². The molecule has 1 fully saturated rings. The molecular weight excluding hydrogens is 320 g/mol. The number of carbonyl (C=O) groups is 1. The second kappa shape index (κ2) is 4.81. The van der Waals surface area contributed by atoms with Crippen LogP contribution in [0, 0.1) is 11.8 Å². The molecule has 0 spiro atoms. The van der Waals surface area contributed by atoms with Gasteiger partial charge in [0.2, 0.25) is 11.8 Å². The third-order valence-electron chi connectivity index (χ3n) is 5.77. The van der Waals surface area contributed by atoms with E-state index in [4.69, 9.17) is 4.74 Å². The third-order valence-corrected chi connectivity index (χ3v) is 5.77. The van der Waals surface area contributed by atoms with E-state index in [0.29, 0.717) is 23.1 Å². The van der Waals surface area contributed by atoms with E-state index in [-0.39, 0.29) is 23.6 Å². The number of aromatic hydroxyl groups is 2. The standard InChI is InChI=1S/C19H18N2O4/c1-25-10-4-2-9(3-5-10)17(22)20-21-18(23)15-11-6-7-12(14-8-13(11)14)16(15)19(21)24/h2-7,11-14,23-24H,8H2,1H3,(H,20,22). The van der Waals surface area contributed by atoms with Crippen molar-refractivity contribution >= 4 is 5.91 Å². The molecule has 25 heavy (non-hydrogen) atoms. The predicted octanol–water partition coefficient (Wildman–Crippen LogP) is 2.68. The Balaban J connectivity index is 1.49. The molecule has 4 aliphatic carbocycles. The highest BCUT2D eigenvalue weighted by Crippen LogP contribution is 2.67. The van der Waals surface area contributed by atoms with Gasteiger partial charge in [0.05, 0.1) is 7.11 Å². The molecule has 2 bridgehead atoms. The van der Waals surface area contributed by atoms with E-state index < -0.39 is 5.91 Å². The molecular formula is C19H18N2O4. The average Bonchev–Trinajstić information content (AvgIpc) is 3.43. The molecule has 1 aromatic heterocycles. The van der Waals surface area contributed by atoms with Gasteiger partial charge < -0.3 is 14.9 Å². The lowest BCUT2D eigenvalue weighted by molar-refractivity contribution is 0.100. The van der Waals surface area contributed by atoms with Gasteiger partial charge in [0.1, 0.15) is 5.75 Å². The molecule has 1 aromatic carbocycles. The Morgan fingerprint density at radius 1 is 1.08 bits per heavy atom. The third kappa shape index (κ3) is 1.88. The normalized spacial score (nSPS) is 27.6. The number of methoxy groups -OCH3 is 1. The van der Waals surface area contributed by atoms with E-state index in [0.717, 1.165) is 22.2 Å². The number of ether oxygens (including phenoxy) is 1. The number of aromatic nitrogens is 1. The molecule has 0 aliphatic heterocycles. The molecule has 1 saturated carbocycles. The monoisotopic (exact) mass is 338 g/mol. The summed E-state index contributed by atoms with van der Waals surface area (Å²) in [5.41, 5.74) is 4.53. The summed E-state index contributed by atoms with van der Waals surface area (Å²) in [7, 11) is 1.56. The summed E-state index contributed by atoms with van der Waals surface area (Å²) < 4.78 is 6.19. The van der Waals surface area contributed by atoms with Crippen LogP contribution in [-0.2, 0) is 0 Å². The highest BCUT2D eigenvalue weighted by atomic mass is 16.5. The van der Waals surface area contributed by atoms with Crippen molar-refractivity contribution in [2.75, 3.05) is 12.5 Å². The Bertz CT molecular complexity index is 871. The first-order valence-electron chi connectivity index (χ1n) is 8.40. The van der Waals surface area contributed by atoms with Gasteiger partial charge in [-0.1, -0.05) is 12.2 Å². The van der Waals surface area contributed by atoms with Crippen molar-refractivity contribution in [2.45, 2.75) is 18.3 Å². The molecule has 2 aromatic rings. The first-order valence-corrected chi connectivity index (χ1v) is 8.40. The fourth-order valence-electron chi connectivity index (χ4n) is 4.46. The highest BCUT2D eigenvalue weighted by Gasteiger charge is 2.57. The fraction of sp³-hybridized carbons (Fsp3) is 0.316. The number of hydrogen-bond acceptors (Lipinski definition) is 4. The first kappa shape index (κ1) is 14.5. The van der Waals surface area contributed by atoms with Crippen molar-refractivity contribution in [3.8, 4) is 17.5 Å². The fourth-order valence-corrected chi connectivity index (χ4v) is 4.46. The van der Waals surface area contributed by atoms with Crippen LogP contribution >= 0.6 is 0 Å². The average molecular weight is 338 g/mol. The van der Waals surface area contributed by atoms with Crippen molar-refractivity contribution < 1.29 is 19.7 Å². The van der Waals surface area contributed by atoms with E-state index in [1.54, 1.807) is 31.4 Å². The minimum Gasteiger partial charge on any atom is -0.497 e. The van der Waals surface area contributed by atoms with E-state index in [9.17, 15) is 15.0 Å². The lowest BCUT2D eigenvalue weighted by Crippen LogP contribution is -2.22. The number of hydrogen-bond donors (Lipinski definition) is 3. The zero-order valence-corrected chi connectivity index (χ0v) is 13.6. The molecule has 0 saturated heterocycles. The Morgan fingerprint density at radius 2 is 1.64 bits per heavy atom. The molecule has 6 rings (SSSR count). The van der Waals surface area contributed by atoms with Gasteiger partial charge in [-0.2, -0.15) is 4.68 Å². The van der Waals surface area contributed by atoms with E-state index in [1.165, 1.54) is 0 Å². The van der Waals surface area contributed by atoms with Crippen molar-refractivity contribution in [3.05, 3.63) is 53.1 Å². The predicted molar refractivity (Wildman–Crippen MR) is 90.7 cm³/mol. The molecule has 1 heterocycles. The van der Waals surface area contributed by atoms with Crippen LogP contribution in [0.25, 0.3) is 0 Å².